The smallest absolute Gasteiger partial charge is 0.257 e. The number of benzene rings is 1. The Morgan fingerprint density at radius 1 is 1.17 bits per heavy atom. The molecule has 0 saturated heterocycles. The van der Waals surface area contributed by atoms with E-state index in [0.29, 0.717) is 24.7 Å². The van der Waals surface area contributed by atoms with Gasteiger partial charge in [-0.3, -0.25) is 5.43 Å². The molecule has 0 fully saturated rings. The van der Waals surface area contributed by atoms with Gasteiger partial charge in [0.05, 0.1) is 19.1 Å². The van der Waals surface area contributed by atoms with Crippen molar-refractivity contribution in [1.29, 1.82) is 0 Å². The summed E-state index contributed by atoms with van der Waals surface area (Å²) >= 11 is 4.98. The summed E-state index contributed by atoms with van der Waals surface area (Å²) in [6, 6.07) is 4.27. The van der Waals surface area contributed by atoms with Gasteiger partial charge < -0.3 is 19.5 Å². The van der Waals surface area contributed by atoms with E-state index in [2.05, 4.69) is 15.6 Å². The Kier molecular flexibility index (Phi) is 8.03. The molecule has 0 radical (unpaired) electrons. The minimum absolute atomic E-state index is 0.0184. The van der Waals surface area contributed by atoms with E-state index in [-0.39, 0.29) is 10.0 Å². The Labute approximate surface area is 141 Å². The minimum Gasteiger partial charge on any atom is -0.493 e. The standard InChI is InChI=1S/C13H21N3O5S2/c1-19-8-4-7-14-13(22)15-16-23(17,18)10-5-6-11(20-2)12(9-10)21-3/h5-6,9,16H,4,7-8H2,1-3H3,(H2,14,15,22). The van der Waals surface area contributed by atoms with Crippen LogP contribution in [0, 0.1) is 0 Å². The van der Waals surface area contributed by atoms with Crippen molar-refractivity contribution in [1.82, 2.24) is 15.6 Å². The highest BCUT2D eigenvalue weighted by atomic mass is 32.2. The van der Waals surface area contributed by atoms with Gasteiger partial charge in [-0.05, 0) is 30.8 Å². The minimum atomic E-state index is -3.80. The van der Waals surface area contributed by atoms with E-state index in [1.54, 1.807) is 7.11 Å². The van der Waals surface area contributed by atoms with Gasteiger partial charge in [-0.1, -0.05) is 0 Å². The number of thiocarbonyl (C=S) groups is 1. The molecule has 1 aromatic rings. The molecule has 130 valence electrons. The van der Waals surface area contributed by atoms with Gasteiger partial charge >= 0.3 is 0 Å². The van der Waals surface area contributed by atoms with E-state index >= 15 is 0 Å². The fourth-order valence-corrected chi connectivity index (χ4v) is 2.70. The van der Waals surface area contributed by atoms with Crippen LogP contribution in [0.15, 0.2) is 23.1 Å². The topological polar surface area (TPSA) is 97.9 Å². The highest BCUT2D eigenvalue weighted by molar-refractivity contribution is 7.89. The fourth-order valence-electron chi connectivity index (χ4n) is 1.62. The number of nitrogens with one attached hydrogen (secondary N) is 3. The van der Waals surface area contributed by atoms with Gasteiger partial charge in [-0.2, -0.15) is 0 Å². The van der Waals surface area contributed by atoms with Gasteiger partial charge in [0, 0.05) is 26.3 Å². The zero-order valence-corrected chi connectivity index (χ0v) is 14.8. The molecule has 0 saturated carbocycles. The third-order valence-electron chi connectivity index (χ3n) is 2.78. The second kappa shape index (κ2) is 9.50. The Bertz CT molecular complexity index is 622. The summed E-state index contributed by atoms with van der Waals surface area (Å²) < 4.78 is 39.5. The quantitative estimate of drug-likeness (QED) is 0.329. The molecule has 8 nitrogen and oxygen atoms in total. The van der Waals surface area contributed by atoms with Gasteiger partial charge in [-0.15, -0.1) is 4.83 Å². The highest BCUT2D eigenvalue weighted by Crippen LogP contribution is 2.29. The Morgan fingerprint density at radius 2 is 1.87 bits per heavy atom. The number of hydrogen-bond acceptors (Lipinski definition) is 6. The molecule has 0 atom stereocenters. The maximum Gasteiger partial charge on any atom is 0.257 e. The van der Waals surface area contributed by atoms with Gasteiger partial charge in [0.1, 0.15) is 0 Å². The lowest BCUT2D eigenvalue weighted by Gasteiger charge is -2.13. The van der Waals surface area contributed by atoms with Crippen LogP contribution in [0.1, 0.15) is 6.42 Å². The van der Waals surface area contributed by atoms with Crippen molar-refractivity contribution >= 4 is 27.4 Å². The molecule has 3 N–H and O–H groups in total. The molecule has 0 heterocycles. The summed E-state index contributed by atoms with van der Waals surface area (Å²) in [5.41, 5.74) is 2.43. The monoisotopic (exact) mass is 363 g/mol. The third kappa shape index (κ3) is 6.18. The Balaban J connectivity index is 2.64. The average molecular weight is 363 g/mol. The molecule has 0 aromatic heterocycles. The van der Waals surface area contributed by atoms with Crippen LogP contribution in [0.3, 0.4) is 0 Å². The van der Waals surface area contributed by atoms with Crippen molar-refractivity contribution in [3.63, 3.8) is 0 Å². The molecule has 0 unspecified atom stereocenters. The van der Waals surface area contributed by atoms with Crippen molar-refractivity contribution in [2.24, 2.45) is 0 Å². The molecule has 0 aliphatic carbocycles. The normalized spacial score (nSPS) is 10.9. The van der Waals surface area contributed by atoms with E-state index < -0.39 is 10.0 Å². The van der Waals surface area contributed by atoms with E-state index in [1.165, 1.54) is 32.4 Å². The first kappa shape index (κ1) is 19.4. The summed E-state index contributed by atoms with van der Waals surface area (Å²) in [4.78, 5) is 2.21. The summed E-state index contributed by atoms with van der Waals surface area (Å²) in [6.07, 6.45) is 0.751. The lowest BCUT2D eigenvalue weighted by Crippen LogP contribution is -2.46. The van der Waals surface area contributed by atoms with Crippen molar-refractivity contribution in [3.8, 4) is 11.5 Å². The number of hydrogen-bond donors (Lipinski definition) is 3. The van der Waals surface area contributed by atoms with Crippen LogP contribution >= 0.6 is 12.2 Å². The van der Waals surface area contributed by atoms with Crippen LogP contribution < -0.4 is 25.0 Å². The summed E-state index contributed by atoms with van der Waals surface area (Å²) in [7, 11) is 0.709. The second-order valence-corrected chi connectivity index (χ2v) is 6.44. The lowest BCUT2D eigenvalue weighted by molar-refractivity contribution is 0.195. The molecule has 0 spiro atoms. The number of methoxy groups -OCH3 is 3. The maximum absolute atomic E-state index is 12.2. The average Bonchev–Trinajstić information content (AvgIpc) is 2.56. The molecule has 10 heteroatoms. The van der Waals surface area contributed by atoms with Crippen LogP contribution in [0.4, 0.5) is 0 Å². The fraction of sp³-hybridized carbons (Fsp3) is 0.462. The summed E-state index contributed by atoms with van der Waals surface area (Å²) in [5, 5.41) is 3.02. The predicted molar refractivity (Wildman–Crippen MR) is 90.1 cm³/mol. The molecule has 0 aliphatic heterocycles. The summed E-state index contributed by atoms with van der Waals surface area (Å²) in [5.74, 6) is 0.755. The number of hydrazine groups is 1. The van der Waals surface area contributed by atoms with Crippen molar-refractivity contribution < 1.29 is 22.6 Å². The first-order chi connectivity index (χ1) is 10.9. The number of sulfonamides is 1. The van der Waals surface area contributed by atoms with E-state index in [1.807, 2.05) is 0 Å². The van der Waals surface area contributed by atoms with Crippen LogP contribution in [0.25, 0.3) is 0 Å². The Hall–Kier alpha value is -1.62. The van der Waals surface area contributed by atoms with Crippen LogP contribution in [0.5, 0.6) is 11.5 Å². The first-order valence-corrected chi connectivity index (χ1v) is 8.60. The first-order valence-electron chi connectivity index (χ1n) is 6.71. The predicted octanol–water partition coefficient (Wildman–Crippen LogP) is 0.398. The van der Waals surface area contributed by atoms with Crippen LogP contribution in [-0.4, -0.2) is 48.0 Å². The van der Waals surface area contributed by atoms with Crippen molar-refractivity contribution in [2.75, 3.05) is 34.5 Å². The van der Waals surface area contributed by atoms with Gasteiger partial charge in [0.15, 0.2) is 16.6 Å². The molecule has 0 bridgehead atoms. The van der Waals surface area contributed by atoms with Gasteiger partial charge in [0.2, 0.25) is 0 Å². The molecule has 1 aromatic carbocycles. The highest BCUT2D eigenvalue weighted by Gasteiger charge is 2.17. The van der Waals surface area contributed by atoms with Gasteiger partial charge in [-0.25, -0.2) is 8.42 Å². The zero-order valence-electron chi connectivity index (χ0n) is 13.2. The number of ether oxygens (including phenoxy) is 3. The molecule has 1 rings (SSSR count). The third-order valence-corrected chi connectivity index (χ3v) is 4.27. The van der Waals surface area contributed by atoms with E-state index in [0.717, 1.165) is 6.42 Å². The zero-order chi connectivity index (χ0) is 17.3. The maximum atomic E-state index is 12.2. The van der Waals surface area contributed by atoms with Crippen molar-refractivity contribution in [3.05, 3.63) is 18.2 Å². The van der Waals surface area contributed by atoms with Crippen LogP contribution in [0.2, 0.25) is 0 Å². The van der Waals surface area contributed by atoms with Crippen molar-refractivity contribution in [2.45, 2.75) is 11.3 Å². The Morgan fingerprint density at radius 3 is 2.48 bits per heavy atom. The second-order valence-electron chi connectivity index (χ2n) is 4.35. The molecular formula is C13H21N3O5S2. The lowest BCUT2D eigenvalue weighted by atomic mass is 10.3. The van der Waals surface area contributed by atoms with E-state index in [9.17, 15) is 8.42 Å². The van der Waals surface area contributed by atoms with Gasteiger partial charge in [0.25, 0.3) is 10.0 Å². The van der Waals surface area contributed by atoms with E-state index in [4.69, 9.17) is 26.4 Å². The molecule has 0 amide bonds. The number of rotatable bonds is 9. The van der Waals surface area contributed by atoms with Crippen LogP contribution in [-0.2, 0) is 14.8 Å². The SMILES string of the molecule is COCCCNC(=S)NNS(=O)(=O)c1ccc(OC)c(OC)c1. The molecule has 23 heavy (non-hydrogen) atoms. The summed E-state index contributed by atoms with van der Waals surface area (Å²) in [6.45, 7) is 1.16. The largest absolute Gasteiger partial charge is 0.493 e. The molecular weight excluding hydrogens is 342 g/mol. The molecule has 0 aliphatic rings.